The number of aryl methyl sites for hydroxylation is 1. The average molecular weight is 429 g/mol. The third-order valence-electron chi connectivity index (χ3n) is 7.25. The molecule has 0 aromatic heterocycles. The van der Waals surface area contributed by atoms with Crippen molar-refractivity contribution in [3.05, 3.63) is 137 Å². The van der Waals surface area contributed by atoms with E-state index in [1.165, 1.54) is 55.6 Å². The van der Waals surface area contributed by atoms with Gasteiger partial charge in [0.25, 0.3) is 0 Å². The molecule has 0 bridgehead atoms. The van der Waals surface area contributed by atoms with Crippen molar-refractivity contribution < 1.29 is 0 Å². The summed E-state index contributed by atoms with van der Waals surface area (Å²) in [7, 11) is 0. The third-order valence-corrected chi connectivity index (χ3v) is 7.25. The van der Waals surface area contributed by atoms with Crippen molar-refractivity contribution in [2.45, 2.75) is 44.9 Å². The Morgan fingerprint density at radius 1 is 0.818 bits per heavy atom. The van der Waals surface area contributed by atoms with Crippen LogP contribution in [0.5, 0.6) is 0 Å². The van der Waals surface area contributed by atoms with Crippen LogP contribution in [0.3, 0.4) is 0 Å². The first kappa shape index (κ1) is 21.5. The second-order valence-corrected chi connectivity index (χ2v) is 9.20. The third kappa shape index (κ3) is 3.74. The van der Waals surface area contributed by atoms with Crippen LogP contribution in [0.25, 0.3) is 16.7 Å². The van der Waals surface area contributed by atoms with Crippen molar-refractivity contribution in [1.82, 2.24) is 0 Å². The van der Waals surface area contributed by atoms with Crippen molar-refractivity contribution in [3.8, 4) is 11.1 Å². The van der Waals surface area contributed by atoms with E-state index in [0.29, 0.717) is 0 Å². The lowest BCUT2D eigenvalue weighted by Gasteiger charge is -2.27. The Morgan fingerprint density at radius 2 is 1.42 bits per heavy atom. The fourth-order valence-corrected chi connectivity index (χ4v) is 5.77. The van der Waals surface area contributed by atoms with Gasteiger partial charge >= 0.3 is 0 Å². The molecule has 0 fully saturated rings. The summed E-state index contributed by atoms with van der Waals surface area (Å²) >= 11 is 0. The minimum atomic E-state index is 0.269. The van der Waals surface area contributed by atoms with Crippen LogP contribution < -0.4 is 0 Å². The van der Waals surface area contributed by atoms with Gasteiger partial charge in [0.15, 0.2) is 0 Å². The molecule has 0 nitrogen and oxygen atoms in total. The van der Waals surface area contributed by atoms with Crippen LogP contribution in [-0.4, -0.2) is 0 Å². The molecule has 3 aromatic carbocycles. The van der Waals surface area contributed by atoms with E-state index in [0.717, 1.165) is 32.1 Å². The predicted octanol–water partition coefficient (Wildman–Crippen LogP) is 8.74. The monoisotopic (exact) mass is 428 g/mol. The smallest absolute Gasteiger partial charge is 0.0358 e. The van der Waals surface area contributed by atoms with Gasteiger partial charge < -0.3 is 0 Å². The Labute approximate surface area is 198 Å². The molecule has 2 aliphatic rings. The molecule has 0 N–H and O–H groups in total. The Balaban J connectivity index is 1.83. The molecule has 2 aliphatic carbocycles. The number of hydrogen-bond donors (Lipinski definition) is 0. The minimum absolute atomic E-state index is 0.269. The average Bonchev–Trinajstić information content (AvgIpc) is 3.49. The highest BCUT2D eigenvalue weighted by atomic mass is 14.4. The van der Waals surface area contributed by atoms with Crippen LogP contribution in [0.1, 0.15) is 64.1 Å². The SMILES string of the molecule is C=CCCc1c(C)cc(C2=CC=CC2)c(CCC=C)c1C1c2ccccc2-c2ccccc21. The maximum Gasteiger partial charge on any atom is 0.0358 e. The zero-order chi connectivity index (χ0) is 22.8. The minimum Gasteiger partial charge on any atom is -0.103 e. The van der Waals surface area contributed by atoms with Crippen LogP contribution >= 0.6 is 0 Å². The van der Waals surface area contributed by atoms with E-state index in [1.807, 2.05) is 0 Å². The van der Waals surface area contributed by atoms with Gasteiger partial charge in [0, 0.05) is 5.92 Å². The molecule has 0 unspecified atom stereocenters. The Kier molecular flexibility index (Phi) is 6.01. The summed E-state index contributed by atoms with van der Waals surface area (Å²) in [6, 6.07) is 20.5. The molecule has 0 heterocycles. The van der Waals surface area contributed by atoms with E-state index >= 15 is 0 Å². The fraction of sp³-hybridized carbons (Fsp3) is 0.212. The molecular formula is C33H32. The Bertz CT molecular complexity index is 1240. The molecule has 5 rings (SSSR count). The molecule has 0 aliphatic heterocycles. The first-order chi connectivity index (χ1) is 16.2. The number of benzene rings is 3. The van der Waals surface area contributed by atoms with E-state index in [9.17, 15) is 0 Å². The highest BCUT2D eigenvalue weighted by molar-refractivity contribution is 5.83. The summed E-state index contributed by atoms with van der Waals surface area (Å²) in [4.78, 5) is 0. The molecule has 0 atom stereocenters. The van der Waals surface area contributed by atoms with Gasteiger partial charge in [0.05, 0.1) is 0 Å². The van der Waals surface area contributed by atoms with Crippen LogP contribution in [0.15, 0.2) is 98.1 Å². The highest BCUT2D eigenvalue weighted by Crippen LogP contribution is 2.51. The van der Waals surface area contributed by atoms with E-state index < -0.39 is 0 Å². The molecule has 0 radical (unpaired) electrons. The lowest BCUT2D eigenvalue weighted by molar-refractivity contribution is 0.869. The Morgan fingerprint density at radius 3 is 2.00 bits per heavy atom. The topological polar surface area (TPSA) is 0 Å². The zero-order valence-electron chi connectivity index (χ0n) is 19.6. The highest BCUT2D eigenvalue weighted by Gasteiger charge is 2.33. The number of hydrogen-bond acceptors (Lipinski definition) is 0. The molecular weight excluding hydrogens is 396 g/mol. The van der Waals surface area contributed by atoms with Crippen molar-refractivity contribution >= 4 is 5.57 Å². The summed E-state index contributed by atoms with van der Waals surface area (Å²) in [5.74, 6) is 0.269. The molecule has 0 amide bonds. The van der Waals surface area contributed by atoms with E-state index in [4.69, 9.17) is 0 Å². The maximum atomic E-state index is 4.05. The van der Waals surface area contributed by atoms with E-state index in [-0.39, 0.29) is 5.92 Å². The van der Waals surface area contributed by atoms with Crippen molar-refractivity contribution in [3.63, 3.8) is 0 Å². The molecule has 164 valence electrons. The van der Waals surface area contributed by atoms with Crippen molar-refractivity contribution in [2.75, 3.05) is 0 Å². The second kappa shape index (κ2) is 9.24. The van der Waals surface area contributed by atoms with Crippen LogP contribution in [0, 0.1) is 6.92 Å². The normalized spacial score (nSPS) is 14.2. The summed E-state index contributed by atoms with van der Waals surface area (Å²) in [5.41, 5.74) is 14.4. The van der Waals surface area contributed by atoms with Crippen molar-refractivity contribution in [1.29, 1.82) is 0 Å². The second-order valence-electron chi connectivity index (χ2n) is 9.20. The number of rotatable bonds is 8. The Hall–Kier alpha value is -3.38. The summed E-state index contributed by atoms with van der Waals surface area (Å²) in [6.45, 7) is 10.4. The molecule has 3 aromatic rings. The molecule has 0 heteroatoms. The lowest BCUT2D eigenvalue weighted by Crippen LogP contribution is -2.12. The van der Waals surface area contributed by atoms with Gasteiger partial charge in [-0.2, -0.15) is 0 Å². The van der Waals surface area contributed by atoms with Crippen LogP contribution in [0.2, 0.25) is 0 Å². The van der Waals surface area contributed by atoms with Gasteiger partial charge in [0.1, 0.15) is 0 Å². The molecule has 0 saturated carbocycles. The van der Waals surface area contributed by atoms with E-state index in [1.54, 1.807) is 0 Å². The largest absolute Gasteiger partial charge is 0.103 e. The number of allylic oxidation sites excluding steroid dienone is 6. The van der Waals surface area contributed by atoms with Gasteiger partial charge in [-0.25, -0.2) is 0 Å². The van der Waals surface area contributed by atoms with Gasteiger partial charge in [-0.05, 0) is 94.7 Å². The first-order valence-electron chi connectivity index (χ1n) is 12.2. The zero-order valence-corrected chi connectivity index (χ0v) is 19.6. The van der Waals surface area contributed by atoms with Gasteiger partial charge in [-0.15, -0.1) is 13.2 Å². The van der Waals surface area contributed by atoms with Gasteiger partial charge in [-0.1, -0.05) is 85.0 Å². The number of fused-ring (bicyclic) bond motifs is 3. The summed E-state index contributed by atoms with van der Waals surface area (Å²) in [5, 5.41) is 0. The van der Waals surface area contributed by atoms with Crippen molar-refractivity contribution in [2.24, 2.45) is 0 Å². The van der Waals surface area contributed by atoms with Crippen LogP contribution in [0.4, 0.5) is 0 Å². The van der Waals surface area contributed by atoms with Gasteiger partial charge in [-0.3, -0.25) is 0 Å². The molecule has 0 saturated heterocycles. The van der Waals surface area contributed by atoms with Gasteiger partial charge in [0.2, 0.25) is 0 Å². The maximum absolute atomic E-state index is 4.05. The van der Waals surface area contributed by atoms with Crippen LogP contribution in [-0.2, 0) is 12.8 Å². The standard InChI is InChI=1S/C33H32/c1-4-6-16-25-23(3)22-31(24-14-8-9-15-24)30(17-7-5-2)32(25)33-28-20-12-10-18-26(28)27-19-11-13-21-29(27)33/h4-5,8-14,18-22,33H,1-2,6-7,15-17H2,3H3. The predicted molar refractivity (Wildman–Crippen MR) is 143 cm³/mol. The van der Waals surface area contributed by atoms with E-state index in [2.05, 4.69) is 105 Å². The fourth-order valence-electron chi connectivity index (χ4n) is 5.77. The molecule has 0 spiro atoms. The summed E-state index contributed by atoms with van der Waals surface area (Å²) in [6.07, 6.45) is 15.9. The lowest BCUT2D eigenvalue weighted by atomic mass is 9.76. The first-order valence-corrected chi connectivity index (χ1v) is 12.2. The molecule has 33 heavy (non-hydrogen) atoms. The quantitative estimate of drug-likeness (QED) is 0.246. The summed E-state index contributed by atoms with van der Waals surface area (Å²) < 4.78 is 0.